The van der Waals surface area contributed by atoms with Crippen LogP contribution in [0.15, 0.2) is 72.8 Å². The quantitative estimate of drug-likeness (QED) is 0.0295. The minimum atomic E-state index is -0.895. The molecule has 6 aliphatic carbocycles. The molecule has 2 aliphatic heterocycles. The molecule has 99 heavy (non-hydrogen) atoms. The largest absolute Gasteiger partial charge is 0.496 e. The molecule has 3 amide bonds. The maximum atomic E-state index is 14.2. The number of methoxy groups -OCH3 is 2. The summed E-state index contributed by atoms with van der Waals surface area (Å²) in [6.45, 7) is 27.2. The van der Waals surface area contributed by atoms with Gasteiger partial charge in [0.25, 0.3) is 5.91 Å². The van der Waals surface area contributed by atoms with Gasteiger partial charge >= 0.3 is 0 Å². The van der Waals surface area contributed by atoms with Crippen LogP contribution in [0.5, 0.6) is 11.5 Å². The molecule has 4 bridgehead atoms. The van der Waals surface area contributed by atoms with E-state index in [9.17, 15) is 29.7 Å². The van der Waals surface area contributed by atoms with E-state index in [1.165, 1.54) is 24.8 Å². The number of anilines is 2. The van der Waals surface area contributed by atoms with E-state index in [1.54, 1.807) is 38.2 Å². The van der Waals surface area contributed by atoms with Crippen molar-refractivity contribution in [2.24, 2.45) is 75.7 Å². The number of hydrogen-bond donors (Lipinski definition) is 7. The van der Waals surface area contributed by atoms with Crippen LogP contribution in [0.25, 0.3) is 22.3 Å². The highest BCUT2D eigenvalue weighted by molar-refractivity contribution is 5.97. The number of para-hydroxylation sites is 2. The van der Waals surface area contributed by atoms with Crippen LogP contribution >= 0.6 is 0 Å². The Bertz CT molecular complexity index is 3410. The maximum Gasteiger partial charge on any atom is 0.251 e. The lowest BCUT2D eigenvalue weighted by Crippen LogP contribution is -2.62. The van der Waals surface area contributed by atoms with E-state index in [1.807, 2.05) is 81.6 Å². The van der Waals surface area contributed by atoms with Crippen molar-refractivity contribution in [1.82, 2.24) is 31.0 Å². The average Bonchev–Trinajstić information content (AvgIpc) is 1.38. The van der Waals surface area contributed by atoms with Crippen molar-refractivity contribution < 1.29 is 48.9 Å². The fourth-order valence-corrected chi connectivity index (χ4v) is 17.9. The SMILES string of the molecule is COc1c(CN2O[C@@H](CN)[C@@H]([C@H](C)O)[C@H]2C(=O)N[C@H]2C[C@H]3C[C@@H]([C@@H]2C)C3(C)C)cccc1-c1cc(CCCC(C)C)cc(N(C)C)c1.COc1c(CN2O[C@@H](CO)[C@H]([C@H](C)O)[C@H]2C(=O)N[C@H]2C[C@H]3C[C@@H]([C@@H]2C)C3(C)C)cccc1-c1cc(C(=O)N[C@H](CN(C)C)C(C)C)cc(N(C)C)c1. The third kappa shape index (κ3) is 16.6. The first-order valence-corrected chi connectivity index (χ1v) is 36.8. The van der Waals surface area contributed by atoms with Gasteiger partial charge in [0.05, 0.1) is 52.2 Å². The highest BCUT2D eigenvalue weighted by Gasteiger charge is 2.59. The number of ether oxygens (including phenoxy) is 2. The van der Waals surface area contributed by atoms with Crippen molar-refractivity contribution in [3.05, 3.63) is 95.1 Å². The highest BCUT2D eigenvalue weighted by atomic mass is 16.7. The molecular formula is C80H123N9O10. The number of hydrogen-bond acceptors (Lipinski definition) is 16. The van der Waals surface area contributed by atoms with E-state index < -0.39 is 48.3 Å². The number of aliphatic hydroxyl groups excluding tert-OH is 3. The van der Waals surface area contributed by atoms with E-state index in [0.717, 1.165) is 82.7 Å². The van der Waals surface area contributed by atoms with Gasteiger partial charge in [-0.1, -0.05) is 118 Å². The number of likely N-dealkylation sites (N-methyl/N-ethyl adjacent to an activating group) is 1. The Morgan fingerprint density at radius 2 is 1.12 bits per heavy atom. The smallest absolute Gasteiger partial charge is 0.251 e. The van der Waals surface area contributed by atoms with Crippen LogP contribution in [0, 0.1) is 70.0 Å². The number of rotatable bonds is 27. The number of benzene rings is 4. The molecule has 548 valence electrons. The molecule has 8 aliphatic rings. The first kappa shape index (κ1) is 77.3. The van der Waals surface area contributed by atoms with Crippen LogP contribution in [-0.2, 0) is 38.8 Å². The molecular weight excluding hydrogens is 1250 g/mol. The number of nitrogens with one attached hydrogen (secondary N) is 3. The molecule has 0 aromatic heterocycles. The molecule has 0 radical (unpaired) electrons. The van der Waals surface area contributed by atoms with Crippen LogP contribution in [0.1, 0.15) is 149 Å². The summed E-state index contributed by atoms with van der Waals surface area (Å²) in [4.78, 5) is 61.1. The molecule has 19 nitrogen and oxygen atoms in total. The van der Waals surface area contributed by atoms with Gasteiger partial charge in [0, 0.05) is 110 Å². The van der Waals surface area contributed by atoms with Gasteiger partial charge in [-0.3, -0.25) is 24.1 Å². The van der Waals surface area contributed by atoms with Gasteiger partial charge in [-0.05, 0) is 172 Å². The number of amides is 3. The molecule has 8 fully saturated rings. The van der Waals surface area contributed by atoms with Crippen molar-refractivity contribution in [3.63, 3.8) is 0 Å². The predicted molar refractivity (Wildman–Crippen MR) is 395 cm³/mol. The first-order valence-electron chi connectivity index (χ1n) is 36.8. The number of nitrogens with two attached hydrogens (primary N) is 1. The lowest BCUT2D eigenvalue weighted by Gasteiger charge is -2.62. The molecule has 6 saturated carbocycles. The van der Waals surface area contributed by atoms with Gasteiger partial charge in [-0.2, -0.15) is 10.1 Å². The summed E-state index contributed by atoms with van der Waals surface area (Å²) in [5, 5.41) is 45.6. The normalized spacial score (nSPS) is 28.4. The summed E-state index contributed by atoms with van der Waals surface area (Å²) >= 11 is 0. The van der Waals surface area contributed by atoms with E-state index >= 15 is 0 Å². The summed E-state index contributed by atoms with van der Waals surface area (Å²) in [6, 6.07) is 23.2. The number of carbonyl (C=O) groups excluding carboxylic acids is 3. The lowest BCUT2D eigenvalue weighted by atomic mass is 9.45. The molecule has 4 aromatic rings. The Balaban J connectivity index is 0.000000232. The van der Waals surface area contributed by atoms with Crippen LogP contribution in [0.3, 0.4) is 0 Å². The second kappa shape index (κ2) is 32.2. The zero-order valence-electron chi connectivity index (χ0n) is 63.4. The first-order chi connectivity index (χ1) is 46.7. The Hall–Kier alpha value is -5.87. The number of aryl methyl sites for hydroxylation is 1. The van der Waals surface area contributed by atoms with Crippen molar-refractivity contribution in [2.45, 2.75) is 196 Å². The van der Waals surface area contributed by atoms with Gasteiger partial charge in [0.15, 0.2) is 0 Å². The standard InChI is InChI=1S/C41H63N5O6.C39H60N4O4/c1-23(2)34(21-44(7)8)43-39(49)28-15-27(16-30(17-28)45(9)10)31-14-12-13-26(38(31)51-11)20-46-37(36(25(4)48)35(22-47)52-46)40(50)42-33-19-29-18-32(24(33)3)41(29,5)6;1-23(2)12-10-13-26-16-28(18-30(17-26)42(7)8)31-15-11-14-27(37(31)46-9)22-43-36(35(25(4)44)34(21-40)47-43)38(45)41-33-20-29-19-32(24(33)3)39(29,5)6/h12-17,23-25,29,32-37,47-48H,18-22H2,1-11H3,(H,42,50)(H,43,49);11,14-18,23-25,29,32-36,44H,10,12-13,19-22,40H2,1-9H3,(H,41,45)/t24-,25-,29+,32-,33-,34+,35-,36-,37-;24-,25-,29+,32-,33-,34-,35+,36-/m00/s1. The van der Waals surface area contributed by atoms with Gasteiger partial charge in [-0.25, -0.2) is 0 Å². The summed E-state index contributed by atoms with van der Waals surface area (Å²) in [5.74, 6) is 3.86. The van der Waals surface area contributed by atoms with Gasteiger partial charge in [0.1, 0.15) is 29.7 Å². The molecule has 0 unspecified atom stereocenters. The molecule has 4 aromatic carbocycles. The zero-order valence-corrected chi connectivity index (χ0v) is 63.4. The third-order valence-electron chi connectivity index (χ3n) is 24.2. The van der Waals surface area contributed by atoms with E-state index in [4.69, 9.17) is 24.9 Å². The Morgan fingerprint density at radius 3 is 1.53 bits per heavy atom. The van der Waals surface area contributed by atoms with Crippen molar-refractivity contribution in [2.75, 3.05) is 86.0 Å². The van der Waals surface area contributed by atoms with E-state index in [2.05, 4.69) is 133 Å². The summed E-state index contributed by atoms with van der Waals surface area (Å²) < 4.78 is 12.2. The molecule has 2 saturated heterocycles. The predicted octanol–water partition coefficient (Wildman–Crippen LogP) is 10.4. The molecule has 8 N–H and O–H groups in total. The molecule has 19 heteroatoms. The van der Waals surface area contributed by atoms with Gasteiger partial charge < -0.3 is 61.2 Å². The monoisotopic (exact) mass is 1370 g/mol. The van der Waals surface area contributed by atoms with Crippen LogP contribution in [-0.4, -0.2) is 179 Å². The summed E-state index contributed by atoms with van der Waals surface area (Å²) in [6.07, 6.45) is 4.86. The summed E-state index contributed by atoms with van der Waals surface area (Å²) in [7, 11) is 15.4. The Kier molecular flexibility index (Phi) is 25.1. The van der Waals surface area contributed by atoms with E-state index in [-0.39, 0.29) is 66.9 Å². The number of hydroxylamine groups is 4. The lowest BCUT2D eigenvalue weighted by molar-refractivity contribution is -0.183. The van der Waals surface area contributed by atoms with Crippen molar-refractivity contribution in [1.29, 1.82) is 0 Å². The van der Waals surface area contributed by atoms with Crippen LogP contribution < -0.4 is 41.0 Å². The highest BCUT2D eigenvalue weighted by Crippen LogP contribution is 2.62. The number of nitrogens with zero attached hydrogens (tertiary/aromatic N) is 5. The fraction of sp³-hybridized carbons (Fsp3) is 0.662. The second-order valence-electron chi connectivity index (χ2n) is 32.8. The fourth-order valence-electron chi connectivity index (χ4n) is 17.9. The molecule has 2 heterocycles. The van der Waals surface area contributed by atoms with Gasteiger partial charge in [-0.15, -0.1) is 0 Å². The third-order valence-corrected chi connectivity index (χ3v) is 24.2. The second-order valence-corrected chi connectivity index (χ2v) is 32.8. The average molecular weight is 1370 g/mol. The van der Waals surface area contributed by atoms with Crippen molar-refractivity contribution >= 4 is 29.1 Å². The van der Waals surface area contributed by atoms with Crippen molar-refractivity contribution in [3.8, 4) is 33.8 Å². The molecule has 17 atom stereocenters. The topological polar surface area (TPSA) is 227 Å². The molecule has 0 spiro atoms. The number of aliphatic hydroxyl groups is 3. The zero-order chi connectivity index (χ0) is 72.4. The number of fused-ring (bicyclic) bond motifs is 4. The number of carbonyl (C=O) groups is 3. The minimum absolute atomic E-state index is 0.0236. The summed E-state index contributed by atoms with van der Waals surface area (Å²) in [5.41, 5.74) is 16.0. The van der Waals surface area contributed by atoms with Crippen LogP contribution in [0.2, 0.25) is 0 Å². The Morgan fingerprint density at radius 1 is 0.657 bits per heavy atom. The van der Waals surface area contributed by atoms with E-state index in [0.29, 0.717) is 64.7 Å². The molecule has 12 rings (SSSR count). The van der Waals surface area contributed by atoms with Crippen LogP contribution in [0.4, 0.5) is 11.4 Å². The maximum absolute atomic E-state index is 14.2. The van der Waals surface area contributed by atoms with Gasteiger partial charge in [0.2, 0.25) is 11.8 Å². The minimum Gasteiger partial charge on any atom is -0.496 e. The Labute approximate surface area is 592 Å².